The molecule has 0 aromatic heterocycles. The number of alkyl carbamates (subject to hydrolysis) is 1. The average Bonchev–Trinajstić information content (AvgIpc) is 2.96. The standard InChI is InChI=1S/C21H29NO7/c1-11-9-14(18(23)24)12(2)17-16(11)27-21(6,28-17)15-8-7-13(10-26-15)22-19(25)29-20(3,4)5/h9,13,15H,7-8,10H2,1-6H3,(H,22,25)(H,23,24)/t13-,15+,21?/m1/s1. The van der Waals surface area contributed by atoms with Crippen LogP contribution in [0.2, 0.25) is 0 Å². The number of aryl methyl sites for hydroxylation is 1. The zero-order valence-electron chi connectivity index (χ0n) is 17.8. The van der Waals surface area contributed by atoms with Gasteiger partial charge < -0.3 is 29.4 Å². The van der Waals surface area contributed by atoms with Gasteiger partial charge in [-0.05, 0) is 59.1 Å². The predicted molar refractivity (Wildman–Crippen MR) is 105 cm³/mol. The highest BCUT2D eigenvalue weighted by atomic mass is 16.8. The molecule has 8 heteroatoms. The maximum absolute atomic E-state index is 12.0. The Bertz CT molecular complexity index is 821. The number of nitrogens with one attached hydrogen (secondary N) is 1. The smallest absolute Gasteiger partial charge is 0.407 e. The van der Waals surface area contributed by atoms with E-state index in [2.05, 4.69) is 5.32 Å². The Morgan fingerprint density at radius 1 is 1.21 bits per heavy atom. The van der Waals surface area contributed by atoms with Crippen LogP contribution in [0, 0.1) is 13.8 Å². The third-order valence-corrected chi connectivity index (χ3v) is 5.09. The number of fused-ring (bicyclic) bond motifs is 1. The molecular formula is C21H29NO7. The van der Waals surface area contributed by atoms with E-state index in [0.717, 1.165) is 0 Å². The molecule has 1 amide bonds. The molecule has 1 unspecified atom stereocenters. The fourth-order valence-corrected chi connectivity index (χ4v) is 3.64. The molecule has 2 heterocycles. The van der Waals surface area contributed by atoms with Crippen LogP contribution in [0.5, 0.6) is 11.5 Å². The van der Waals surface area contributed by atoms with Crippen molar-refractivity contribution in [2.24, 2.45) is 0 Å². The highest BCUT2D eigenvalue weighted by Crippen LogP contribution is 2.47. The fourth-order valence-electron chi connectivity index (χ4n) is 3.64. The maximum atomic E-state index is 12.0. The molecule has 0 bridgehead atoms. The van der Waals surface area contributed by atoms with Crippen LogP contribution in [0.1, 0.15) is 62.0 Å². The van der Waals surface area contributed by atoms with Crippen molar-refractivity contribution >= 4 is 12.1 Å². The molecule has 8 nitrogen and oxygen atoms in total. The molecule has 2 N–H and O–H groups in total. The van der Waals surface area contributed by atoms with Gasteiger partial charge in [-0.1, -0.05) is 0 Å². The minimum Gasteiger partial charge on any atom is -0.478 e. The molecule has 2 aliphatic rings. The lowest BCUT2D eigenvalue weighted by Crippen LogP contribution is -2.54. The predicted octanol–water partition coefficient (Wildman–Crippen LogP) is 3.56. The van der Waals surface area contributed by atoms with Gasteiger partial charge in [-0.15, -0.1) is 0 Å². The van der Waals surface area contributed by atoms with Crippen LogP contribution in [-0.2, 0) is 9.47 Å². The van der Waals surface area contributed by atoms with E-state index in [0.29, 0.717) is 42.1 Å². The number of benzene rings is 1. The number of hydrogen-bond donors (Lipinski definition) is 2. The largest absolute Gasteiger partial charge is 0.478 e. The molecule has 3 atom stereocenters. The van der Waals surface area contributed by atoms with Crippen LogP contribution in [-0.4, -0.2) is 47.3 Å². The third-order valence-electron chi connectivity index (χ3n) is 5.09. The summed E-state index contributed by atoms with van der Waals surface area (Å²) in [4.78, 5) is 23.4. The second-order valence-corrected chi connectivity index (χ2v) is 8.79. The summed E-state index contributed by atoms with van der Waals surface area (Å²) < 4.78 is 23.4. The van der Waals surface area contributed by atoms with E-state index in [-0.39, 0.29) is 17.7 Å². The van der Waals surface area contributed by atoms with Crippen molar-refractivity contribution in [3.8, 4) is 11.5 Å². The van der Waals surface area contributed by atoms with E-state index < -0.39 is 23.5 Å². The van der Waals surface area contributed by atoms with Crippen LogP contribution >= 0.6 is 0 Å². The van der Waals surface area contributed by atoms with Gasteiger partial charge in [-0.2, -0.15) is 0 Å². The Labute approximate surface area is 170 Å². The van der Waals surface area contributed by atoms with Crippen LogP contribution in [0.4, 0.5) is 4.79 Å². The first-order valence-corrected chi connectivity index (χ1v) is 9.76. The number of hydrogen-bond acceptors (Lipinski definition) is 6. The molecule has 1 saturated heterocycles. The molecule has 29 heavy (non-hydrogen) atoms. The minimum atomic E-state index is -1.06. The summed E-state index contributed by atoms with van der Waals surface area (Å²) in [5, 5.41) is 12.2. The summed E-state index contributed by atoms with van der Waals surface area (Å²) in [6.07, 6.45) is 0.457. The van der Waals surface area contributed by atoms with Gasteiger partial charge in [0.25, 0.3) is 5.79 Å². The van der Waals surface area contributed by atoms with Crippen molar-refractivity contribution in [2.75, 3.05) is 6.61 Å². The average molecular weight is 407 g/mol. The summed E-state index contributed by atoms with van der Waals surface area (Å²) in [7, 11) is 0. The van der Waals surface area contributed by atoms with Crippen LogP contribution in [0.3, 0.4) is 0 Å². The van der Waals surface area contributed by atoms with E-state index in [9.17, 15) is 14.7 Å². The molecule has 1 aromatic rings. The summed E-state index contributed by atoms with van der Waals surface area (Å²) >= 11 is 0. The number of rotatable bonds is 3. The van der Waals surface area contributed by atoms with Crippen molar-refractivity contribution in [1.29, 1.82) is 0 Å². The lowest BCUT2D eigenvalue weighted by molar-refractivity contribution is -0.185. The Balaban J connectivity index is 1.66. The van der Waals surface area contributed by atoms with Crippen LogP contribution in [0.15, 0.2) is 6.07 Å². The van der Waals surface area contributed by atoms with Crippen molar-refractivity contribution < 1.29 is 33.6 Å². The van der Waals surface area contributed by atoms with Gasteiger partial charge in [-0.3, -0.25) is 0 Å². The van der Waals surface area contributed by atoms with Crippen molar-refractivity contribution in [2.45, 2.75) is 77.9 Å². The molecule has 0 radical (unpaired) electrons. The van der Waals surface area contributed by atoms with E-state index in [4.69, 9.17) is 18.9 Å². The number of carboxylic acid groups (broad SMARTS) is 1. The van der Waals surface area contributed by atoms with E-state index in [1.54, 1.807) is 26.8 Å². The van der Waals surface area contributed by atoms with Gasteiger partial charge in [0.05, 0.1) is 18.2 Å². The lowest BCUT2D eigenvalue weighted by atomic mass is 9.99. The van der Waals surface area contributed by atoms with Crippen LogP contribution in [0.25, 0.3) is 0 Å². The van der Waals surface area contributed by atoms with Gasteiger partial charge in [0, 0.05) is 12.5 Å². The van der Waals surface area contributed by atoms with Gasteiger partial charge in [0.15, 0.2) is 11.5 Å². The number of carboxylic acids is 1. The summed E-state index contributed by atoms with van der Waals surface area (Å²) in [6.45, 7) is 11.0. The number of aromatic carboxylic acids is 1. The first kappa shape index (κ1) is 21.2. The van der Waals surface area contributed by atoms with E-state index in [1.165, 1.54) is 0 Å². The number of carbonyl (C=O) groups is 2. The normalized spacial score (nSPS) is 26.1. The Hall–Kier alpha value is -2.48. The molecule has 2 aliphatic heterocycles. The van der Waals surface area contributed by atoms with E-state index >= 15 is 0 Å². The second kappa shape index (κ2) is 7.40. The van der Waals surface area contributed by atoms with E-state index in [1.807, 2.05) is 20.8 Å². The monoisotopic (exact) mass is 407 g/mol. The summed E-state index contributed by atoms with van der Waals surface area (Å²) in [6, 6.07) is 1.43. The van der Waals surface area contributed by atoms with Gasteiger partial charge in [0.1, 0.15) is 11.7 Å². The minimum absolute atomic E-state index is 0.157. The lowest BCUT2D eigenvalue weighted by Gasteiger charge is -2.37. The SMILES string of the molecule is Cc1cc(C(=O)O)c(C)c2c1OC(C)([C@@H]1CC[C@@H](NC(=O)OC(C)(C)C)CO1)O2. The zero-order chi connectivity index (χ0) is 21.6. The molecule has 1 aromatic carbocycles. The molecule has 160 valence electrons. The molecule has 0 spiro atoms. The van der Waals surface area contributed by atoms with Crippen LogP contribution < -0.4 is 14.8 Å². The molecule has 3 rings (SSSR count). The Morgan fingerprint density at radius 2 is 1.86 bits per heavy atom. The Morgan fingerprint density at radius 3 is 2.41 bits per heavy atom. The first-order valence-electron chi connectivity index (χ1n) is 9.76. The van der Waals surface area contributed by atoms with Gasteiger partial charge in [-0.25, -0.2) is 9.59 Å². The number of carbonyl (C=O) groups excluding carboxylic acids is 1. The maximum Gasteiger partial charge on any atom is 0.407 e. The van der Waals surface area contributed by atoms with Crippen molar-refractivity contribution in [3.05, 3.63) is 22.8 Å². The molecule has 0 saturated carbocycles. The molecular weight excluding hydrogens is 378 g/mol. The molecule has 0 aliphatic carbocycles. The highest BCUT2D eigenvalue weighted by Gasteiger charge is 2.48. The third kappa shape index (κ3) is 4.42. The van der Waals surface area contributed by atoms with Gasteiger partial charge in [0.2, 0.25) is 0 Å². The number of ether oxygens (including phenoxy) is 4. The number of amides is 1. The fraction of sp³-hybridized carbons (Fsp3) is 0.619. The zero-order valence-corrected chi connectivity index (χ0v) is 17.8. The quantitative estimate of drug-likeness (QED) is 0.789. The topological polar surface area (TPSA) is 103 Å². The van der Waals surface area contributed by atoms with Gasteiger partial charge >= 0.3 is 12.1 Å². The summed E-state index contributed by atoms with van der Waals surface area (Å²) in [5.41, 5.74) is 0.867. The Kier molecular flexibility index (Phi) is 5.42. The summed E-state index contributed by atoms with van der Waals surface area (Å²) in [5.74, 6) is -1.07. The molecule has 1 fully saturated rings. The second-order valence-electron chi connectivity index (χ2n) is 8.79. The first-order chi connectivity index (χ1) is 13.4. The van der Waals surface area contributed by atoms with Crippen molar-refractivity contribution in [3.63, 3.8) is 0 Å². The van der Waals surface area contributed by atoms with Crippen molar-refractivity contribution in [1.82, 2.24) is 5.32 Å². The highest BCUT2D eigenvalue weighted by molar-refractivity contribution is 5.91.